The third-order valence-corrected chi connectivity index (χ3v) is 7.81. The first-order valence-electron chi connectivity index (χ1n) is 12.7. The Morgan fingerprint density at radius 3 is 2.71 bits per heavy atom. The first-order valence-corrected chi connectivity index (χ1v) is 12.7. The number of nitrogens with one attached hydrogen (secondary N) is 2. The lowest BCUT2D eigenvalue weighted by molar-refractivity contribution is 0.0841. The molecule has 2 aromatic carbocycles. The molecule has 2 aliphatic rings. The molecule has 1 fully saturated rings. The molecule has 1 aliphatic carbocycles. The molecule has 1 aromatic heterocycles. The fourth-order valence-electron chi connectivity index (χ4n) is 5.76. The van der Waals surface area contributed by atoms with Gasteiger partial charge in [-0.2, -0.15) is 5.26 Å². The molecule has 0 bridgehead atoms. The van der Waals surface area contributed by atoms with Crippen molar-refractivity contribution >= 4 is 22.6 Å². The van der Waals surface area contributed by atoms with Gasteiger partial charge in [0.2, 0.25) is 0 Å². The number of nitrogens with zero attached hydrogens (tertiary/aromatic N) is 2. The summed E-state index contributed by atoms with van der Waals surface area (Å²) in [6.07, 6.45) is 7.34. The van der Waals surface area contributed by atoms with Crippen LogP contribution in [0, 0.1) is 11.3 Å². The largest absolute Gasteiger partial charge is 0.352 e. The van der Waals surface area contributed by atoms with Crippen LogP contribution in [-0.4, -0.2) is 40.2 Å². The molecule has 0 atom stereocenters. The maximum absolute atomic E-state index is 13.5. The number of carbonyl (C=O) groups excluding carboxylic acids is 2. The molecule has 1 amide bonds. The monoisotopic (exact) mass is 468 g/mol. The van der Waals surface area contributed by atoms with Crippen LogP contribution in [0.4, 0.5) is 0 Å². The quantitative estimate of drug-likeness (QED) is 0.491. The summed E-state index contributed by atoms with van der Waals surface area (Å²) in [4.78, 5) is 31.0. The summed E-state index contributed by atoms with van der Waals surface area (Å²) in [6, 6.07) is 15.7. The number of hydrogen-bond acceptors (Lipinski definition) is 4. The third-order valence-electron chi connectivity index (χ3n) is 7.81. The van der Waals surface area contributed by atoms with Crippen LogP contribution in [0.3, 0.4) is 0 Å². The minimum absolute atomic E-state index is 0.0386. The van der Waals surface area contributed by atoms with E-state index in [1.54, 1.807) is 6.07 Å². The van der Waals surface area contributed by atoms with Crippen molar-refractivity contribution in [2.45, 2.75) is 64.0 Å². The number of aromatic nitrogens is 1. The van der Waals surface area contributed by atoms with Crippen LogP contribution in [-0.2, 0) is 13.0 Å². The second-order valence-electron chi connectivity index (χ2n) is 10.2. The van der Waals surface area contributed by atoms with Crippen molar-refractivity contribution in [1.82, 2.24) is 15.2 Å². The fraction of sp³-hybridized carbons (Fsp3) is 0.414. The lowest BCUT2D eigenvalue weighted by Crippen LogP contribution is -2.51. The van der Waals surface area contributed by atoms with E-state index in [2.05, 4.69) is 27.3 Å². The molecule has 0 spiro atoms. The number of carbonyl (C=O) groups is 2. The number of fused-ring (bicyclic) bond motifs is 2. The highest BCUT2D eigenvalue weighted by Crippen LogP contribution is 2.33. The van der Waals surface area contributed by atoms with Gasteiger partial charge in [0.1, 0.15) is 0 Å². The van der Waals surface area contributed by atoms with Crippen molar-refractivity contribution in [3.05, 3.63) is 70.4 Å². The highest BCUT2D eigenvalue weighted by atomic mass is 16.2. The Balaban J connectivity index is 1.31. The second-order valence-corrected chi connectivity index (χ2v) is 10.2. The van der Waals surface area contributed by atoms with E-state index in [-0.39, 0.29) is 17.2 Å². The van der Waals surface area contributed by atoms with Crippen molar-refractivity contribution in [2.75, 3.05) is 13.1 Å². The van der Waals surface area contributed by atoms with Gasteiger partial charge in [-0.15, -0.1) is 0 Å². The SMILES string of the molecule is CC(=O)c1cc2c(C(=O)NC3(CCN4CCc5cc(C#N)ccc5C4)CCCCC3)cccc2[nH]1. The molecule has 2 N–H and O–H groups in total. The minimum atomic E-state index is -0.206. The smallest absolute Gasteiger partial charge is 0.252 e. The van der Waals surface area contributed by atoms with Crippen molar-refractivity contribution in [3.8, 4) is 6.07 Å². The molecule has 35 heavy (non-hydrogen) atoms. The molecule has 0 saturated heterocycles. The first-order chi connectivity index (χ1) is 17.0. The van der Waals surface area contributed by atoms with Crippen LogP contribution >= 0.6 is 0 Å². The minimum Gasteiger partial charge on any atom is -0.352 e. The van der Waals surface area contributed by atoms with Crippen molar-refractivity contribution in [3.63, 3.8) is 0 Å². The topological polar surface area (TPSA) is 89.0 Å². The third kappa shape index (κ3) is 4.87. The average molecular weight is 469 g/mol. The van der Waals surface area contributed by atoms with Gasteiger partial charge in [0, 0.05) is 48.6 Å². The van der Waals surface area contributed by atoms with E-state index < -0.39 is 0 Å². The van der Waals surface area contributed by atoms with E-state index in [0.29, 0.717) is 11.3 Å². The van der Waals surface area contributed by atoms with Crippen LogP contribution in [0.25, 0.3) is 10.9 Å². The zero-order valence-electron chi connectivity index (χ0n) is 20.3. The number of Topliss-reactive ketones (excluding diaryl/α,β-unsaturated/α-hetero) is 1. The van der Waals surface area contributed by atoms with E-state index in [0.717, 1.165) is 74.6 Å². The number of ketones is 1. The Hall–Kier alpha value is -3.43. The molecule has 6 nitrogen and oxygen atoms in total. The molecule has 0 radical (unpaired) electrons. The van der Waals surface area contributed by atoms with Crippen molar-refractivity contribution < 1.29 is 9.59 Å². The maximum atomic E-state index is 13.5. The van der Waals surface area contributed by atoms with Gasteiger partial charge in [0.25, 0.3) is 5.91 Å². The van der Waals surface area contributed by atoms with Gasteiger partial charge >= 0.3 is 0 Å². The van der Waals surface area contributed by atoms with Crippen molar-refractivity contribution in [2.24, 2.45) is 0 Å². The van der Waals surface area contributed by atoms with Crippen LogP contribution in [0.1, 0.15) is 83.0 Å². The van der Waals surface area contributed by atoms with Gasteiger partial charge in [-0.1, -0.05) is 31.4 Å². The standard InChI is InChI=1S/C29H32N4O2/c1-20(34)27-17-25-24(6-5-7-26(25)31-27)28(35)32-29(11-3-2-4-12-29)13-15-33-14-10-22-16-21(18-30)8-9-23(22)19-33/h5-9,16-17,31H,2-4,10-15,19H2,1H3,(H,32,35). The molecule has 180 valence electrons. The molecular weight excluding hydrogens is 436 g/mol. The van der Waals surface area contributed by atoms with E-state index in [1.165, 1.54) is 24.5 Å². The van der Waals surface area contributed by atoms with Gasteiger partial charge < -0.3 is 10.3 Å². The highest BCUT2D eigenvalue weighted by Gasteiger charge is 2.34. The van der Waals surface area contributed by atoms with Gasteiger partial charge in [-0.05, 0) is 67.1 Å². The molecule has 0 unspecified atom stereocenters. The lowest BCUT2D eigenvalue weighted by Gasteiger charge is -2.40. The fourth-order valence-corrected chi connectivity index (χ4v) is 5.76. The van der Waals surface area contributed by atoms with E-state index >= 15 is 0 Å². The summed E-state index contributed by atoms with van der Waals surface area (Å²) in [7, 11) is 0. The van der Waals surface area contributed by atoms with E-state index in [1.807, 2.05) is 30.3 Å². The van der Waals surface area contributed by atoms with Gasteiger partial charge in [-0.25, -0.2) is 0 Å². The Morgan fingerprint density at radius 2 is 1.94 bits per heavy atom. The predicted molar refractivity (Wildman–Crippen MR) is 136 cm³/mol. The zero-order chi connectivity index (χ0) is 24.4. The molecule has 1 aliphatic heterocycles. The molecule has 5 rings (SSSR count). The summed E-state index contributed by atoms with van der Waals surface area (Å²) in [6.45, 7) is 4.33. The number of amides is 1. The second kappa shape index (κ2) is 9.67. The summed E-state index contributed by atoms with van der Waals surface area (Å²) >= 11 is 0. The number of rotatable bonds is 6. The molecule has 2 heterocycles. The predicted octanol–water partition coefficient (Wildman–Crippen LogP) is 5.12. The van der Waals surface area contributed by atoms with Crippen LogP contribution in [0.2, 0.25) is 0 Å². The Morgan fingerprint density at radius 1 is 1.11 bits per heavy atom. The van der Waals surface area contributed by atoms with Crippen LogP contribution in [0.5, 0.6) is 0 Å². The molecular formula is C29H32N4O2. The average Bonchev–Trinajstić information content (AvgIpc) is 3.33. The highest BCUT2D eigenvalue weighted by molar-refractivity contribution is 6.09. The lowest BCUT2D eigenvalue weighted by atomic mass is 9.78. The summed E-state index contributed by atoms with van der Waals surface area (Å²) in [5.74, 6) is -0.0945. The van der Waals surface area contributed by atoms with Gasteiger partial charge in [-0.3, -0.25) is 14.5 Å². The van der Waals surface area contributed by atoms with E-state index in [9.17, 15) is 14.9 Å². The Kier molecular flexibility index (Phi) is 6.44. The van der Waals surface area contributed by atoms with Gasteiger partial charge in [0.05, 0.1) is 17.3 Å². The number of benzene rings is 2. The van der Waals surface area contributed by atoms with Crippen LogP contribution < -0.4 is 5.32 Å². The molecule has 1 saturated carbocycles. The zero-order valence-corrected chi connectivity index (χ0v) is 20.3. The summed E-state index contributed by atoms with van der Waals surface area (Å²) in [5, 5.41) is 13.4. The number of aromatic amines is 1. The molecule has 3 aromatic rings. The number of nitriles is 1. The summed E-state index contributed by atoms with van der Waals surface area (Å²) in [5.41, 5.74) is 5.07. The number of H-pyrrole nitrogens is 1. The Labute approximate surface area is 206 Å². The van der Waals surface area contributed by atoms with E-state index in [4.69, 9.17) is 0 Å². The first kappa shape index (κ1) is 23.3. The van der Waals surface area contributed by atoms with Crippen LogP contribution in [0.15, 0.2) is 42.5 Å². The maximum Gasteiger partial charge on any atom is 0.252 e. The normalized spacial score (nSPS) is 17.5. The summed E-state index contributed by atoms with van der Waals surface area (Å²) < 4.78 is 0. The Bertz CT molecular complexity index is 1310. The van der Waals surface area contributed by atoms with Gasteiger partial charge in [0.15, 0.2) is 5.78 Å². The molecule has 6 heteroatoms. The number of hydrogen-bond donors (Lipinski definition) is 2. The van der Waals surface area contributed by atoms with Crippen molar-refractivity contribution in [1.29, 1.82) is 5.26 Å².